The lowest BCUT2D eigenvalue weighted by molar-refractivity contribution is 0.0937. The first-order valence-electron chi connectivity index (χ1n) is 6.23. The zero-order valence-electron chi connectivity index (χ0n) is 10.5. The third-order valence-electron chi connectivity index (χ3n) is 3.29. The lowest BCUT2D eigenvalue weighted by atomic mass is 10.1. The van der Waals surface area contributed by atoms with Crippen molar-refractivity contribution >= 4 is 11.6 Å². The van der Waals surface area contributed by atoms with Crippen LogP contribution in [0.3, 0.4) is 0 Å². The average Bonchev–Trinajstić information content (AvgIpc) is 3.05. The fourth-order valence-corrected chi connectivity index (χ4v) is 2.04. The van der Waals surface area contributed by atoms with E-state index in [-0.39, 0.29) is 11.9 Å². The zero-order valence-corrected chi connectivity index (χ0v) is 10.5. The monoisotopic (exact) mass is 232 g/mol. The molecule has 3 N–H and O–H groups in total. The molecule has 0 spiro atoms. The van der Waals surface area contributed by atoms with Gasteiger partial charge in [-0.2, -0.15) is 0 Å². The van der Waals surface area contributed by atoms with Gasteiger partial charge in [-0.05, 0) is 49.9 Å². The van der Waals surface area contributed by atoms with E-state index in [1.54, 1.807) is 12.1 Å². The second kappa shape index (κ2) is 4.78. The molecule has 0 aromatic heterocycles. The molecule has 0 radical (unpaired) electrons. The van der Waals surface area contributed by atoms with E-state index in [1.165, 1.54) is 12.8 Å². The highest BCUT2D eigenvalue weighted by molar-refractivity contribution is 5.95. The van der Waals surface area contributed by atoms with E-state index in [0.29, 0.717) is 5.56 Å². The second-order valence-corrected chi connectivity index (χ2v) is 5.12. The second-order valence-electron chi connectivity index (χ2n) is 5.12. The minimum absolute atomic E-state index is 0.00116. The lowest BCUT2D eigenvalue weighted by Crippen LogP contribution is -2.32. The minimum Gasteiger partial charge on any atom is -0.399 e. The van der Waals surface area contributed by atoms with Crippen LogP contribution in [0.25, 0.3) is 0 Å². The van der Waals surface area contributed by atoms with Crippen LogP contribution < -0.4 is 11.1 Å². The molecule has 1 aliphatic carbocycles. The Morgan fingerprint density at radius 2 is 2.24 bits per heavy atom. The number of amides is 1. The molecule has 0 saturated heterocycles. The molecule has 3 heteroatoms. The van der Waals surface area contributed by atoms with Gasteiger partial charge in [-0.1, -0.05) is 12.8 Å². The number of aryl methyl sites for hydroxylation is 1. The third-order valence-corrected chi connectivity index (χ3v) is 3.29. The van der Waals surface area contributed by atoms with Gasteiger partial charge in [-0.25, -0.2) is 0 Å². The number of hydrogen-bond acceptors (Lipinski definition) is 2. The largest absolute Gasteiger partial charge is 0.399 e. The fraction of sp³-hybridized carbons (Fsp3) is 0.500. The number of nitrogen functional groups attached to an aromatic ring is 1. The molecule has 0 heterocycles. The normalized spacial score (nSPS) is 16.6. The summed E-state index contributed by atoms with van der Waals surface area (Å²) in [5, 5.41) is 3.03. The van der Waals surface area contributed by atoms with Gasteiger partial charge in [-0.3, -0.25) is 4.79 Å². The standard InChI is InChI=1S/C14H20N2O/c1-9-7-12(5-6-13(9)15)14(17)16-10(2)8-11-3-4-11/h5-7,10-11H,3-4,8,15H2,1-2H3,(H,16,17). The molecule has 2 rings (SSSR count). The van der Waals surface area contributed by atoms with E-state index < -0.39 is 0 Å². The van der Waals surface area contributed by atoms with Gasteiger partial charge in [0.1, 0.15) is 0 Å². The maximum absolute atomic E-state index is 12.0. The Morgan fingerprint density at radius 1 is 1.53 bits per heavy atom. The molecular formula is C14H20N2O. The first-order chi connectivity index (χ1) is 8.06. The molecule has 1 aliphatic rings. The Labute approximate surface area is 102 Å². The van der Waals surface area contributed by atoms with Crippen molar-refractivity contribution in [3.8, 4) is 0 Å². The number of nitrogens with one attached hydrogen (secondary N) is 1. The summed E-state index contributed by atoms with van der Waals surface area (Å²) in [7, 11) is 0. The van der Waals surface area contributed by atoms with E-state index in [2.05, 4.69) is 12.2 Å². The molecule has 1 amide bonds. The average molecular weight is 232 g/mol. The first-order valence-corrected chi connectivity index (χ1v) is 6.23. The SMILES string of the molecule is Cc1cc(C(=O)NC(C)CC2CC2)ccc1N. The van der Waals surface area contributed by atoms with Crippen molar-refractivity contribution in [2.24, 2.45) is 5.92 Å². The van der Waals surface area contributed by atoms with Crippen LogP contribution in [0.2, 0.25) is 0 Å². The van der Waals surface area contributed by atoms with Gasteiger partial charge in [-0.15, -0.1) is 0 Å². The van der Waals surface area contributed by atoms with Gasteiger partial charge in [0.05, 0.1) is 0 Å². The molecule has 92 valence electrons. The fourth-order valence-electron chi connectivity index (χ4n) is 2.04. The number of carbonyl (C=O) groups excluding carboxylic acids is 1. The predicted molar refractivity (Wildman–Crippen MR) is 69.9 cm³/mol. The van der Waals surface area contributed by atoms with E-state index in [1.807, 2.05) is 13.0 Å². The van der Waals surface area contributed by atoms with Gasteiger partial charge < -0.3 is 11.1 Å². The predicted octanol–water partition coefficient (Wildman–Crippen LogP) is 2.50. The summed E-state index contributed by atoms with van der Waals surface area (Å²) in [6, 6.07) is 5.67. The summed E-state index contributed by atoms with van der Waals surface area (Å²) < 4.78 is 0. The summed E-state index contributed by atoms with van der Waals surface area (Å²) in [6.45, 7) is 3.99. The number of nitrogens with two attached hydrogens (primary N) is 1. The van der Waals surface area contributed by atoms with Crippen LogP contribution in [0.15, 0.2) is 18.2 Å². The van der Waals surface area contributed by atoms with Crippen LogP contribution in [0, 0.1) is 12.8 Å². The molecule has 1 unspecified atom stereocenters. The summed E-state index contributed by atoms with van der Waals surface area (Å²) in [5.41, 5.74) is 8.11. The number of carbonyl (C=O) groups is 1. The van der Waals surface area contributed by atoms with Gasteiger partial charge >= 0.3 is 0 Å². The van der Waals surface area contributed by atoms with Crippen molar-refractivity contribution in [1.29, 1.82) is 0 Å². The Kier molecular flexibility index (Phi) is 3.36. The maximum Gasteiger partial charge on any atom is 0.251 e. The zero-order chi connectivity index (χ0) is 12.4. The van der Waals surface area contributed by atoms with Crippen molar-refractivity contribution in [3.05, 3.63) is 29.3 Å². The Morgan fingerprint density at radius 3 is 2.82 bits per heavy atom. The van der Waals surface area contributed by atoms with Crippen molar-refractivity contribution in [2.45, 2.75) is 39.2 Å². The van der Waals surface area contributed by atoms with Crippen LogP contribution in [0.1, 0.15) is 42.1 Å². The van der Waals surface area contributed by atoms with Crippen molar-refractivity contribution in [3.63, 3.8) is 0 Å². The summed E-state index contributed by atoms with van der Waals surface area (Å²) >= 11 is 0. The smallest absolute Gasteiger partial charge is 0.251 e. The van der Waals surface area contributed by atoms with Crippen LogP contribution in [-0.2, 0) is 0 Å². The number of benzene rings is 1. The highest BCUT2D eigenvalue weighted by Gasteiger charge is 2.24. The van der Waals surface area contributed by atoms with E-state index >= 15 is 0 Å². The molecule has 1 aromatic carbocycles. The summed E-state index contributed by atoms with van der Waals surface area (Å²) in [6.07, 6.45) is 3.74. The first kappa shape index (κ1) is 12.0. The molecule has 0 aliphatic heterocycles. The molecule has 1 saturated carbocycles. The van der Waals surface area contributed by atoms with Crippen LogP contribution in [0.5, 0.6) is 0 Å². The molecule has 1 atom stereocenters. The summed E-state index contributed by atoms with van der Waals surface area (Å²) in [4.78, 5) is 12.0. The van der Waals surface area contributed by atoms with Crippen molar-refractivity contribution < 1.29 is 4.79 Å². The summed E-state index contributed by atoms with van der Waals surface area (Å²) in [5.74, 6) is 0.833. The number of hydrogen-bond donors (Lipinski definition) is 2. The quantitative estimate of drug-likeness (QED) is 0.784. The van der Waals surface area contributed by atoms with E-state index in [4.69, 9.17) is 5.73 Å². The minimum atomic E-state index is 0.00116. The van der Waals surface area contributed by atoms with E-state index in [9.17, 15) is 4.79 Å². The highest BCUT2D eigenvalue weighted by atomic mass is 16.1. The highest BCUT2D eigenvalue weighted by Crippen LogP contribution is 2.33. The van der Waals surface area contributed by atoms with Crippen molar-refractivity contribution in [2.75, 3.05) is 5.73 Å². The number of anilines is 1. The van der Waals surface area contributed by atoms with Crippen LogP contribution in [-0.4, -0.2) is 11.9 Å². The molecule has 1 aromatic rings. The molecule has 3 nitrogen and oxygen atoms in total. The molecule has 0 bridgehead atoms. The third kappa shape index (κ3) is 3.22. The van der Waals surface area contributed by atoms with Crippen molar-refractivity contribution in [1.82, 2.24) is 5.32 Å². The van der Waals surface area contributed by atoms with Crippen LogP contribution >= 0.6 is 0 Å². The molecular weight excluding hydrogens is 212 g/mol. The lowest BCUT2D eigenvalue weighted by Gasteiger charge is -2.13. The maximum atomic E-state index is 12.0. The Balaban J connectivity index is 1.95. The number of rotatable bonds is 4. The van der Waals surface area contributed by atoms with Gasteiger partial charge in [0.15, 0.2) is 0 Å². The van der Waals surface area contributed by atoms with E-state index in [0.717, 1.165) is 23.6 Å². The Bertz CT molecular complexity index is 424. The Hall–Kier alpha value is -1.51. The van der Waals surface area contributed by atoms with Gasteiger partial charge in [0.2, 0.25) is 0 Å². The van der Waals surface area contributed by atoms with Gasteiger partial charge in [0, 0.05) is 17.3 Å². The van der Waals surface area contributed by atoms with Gasteiger partial charge in [0.25, 0.3) is 5.91 Å². The van der Waals surface area contributed by atoms with Crippen LogP contribution in [0.4, 0.5) is 5.69 Å². The molecule has 17 heavy (non-hydrogen) atoms. The molecule has 1 fully saturated rings. The topological polar surface area (TPSA) is 55.1 Å².